The van der Waals surface area contributed by atoms with Crippen LogP contribution in [0.2, 0.25) is 10.0 Å². The molecule has 214 valence electrons. The number of carbonyl (C=O) groups is 3. The Morgan fingerprint density at radius 3 is 2.24 bits per heavy atom. The van der Waals surface area contributed by atoms with Crippen LogP contribution in [-0.2, 0) is 9.59 Å². The van der Waals surface area contributed by atoms with E-state index in [1.165, 1.54) is 24.9 Å². The molecule has 0 aliphatic carbocycles. The van der Waals surface area contributed by atoms with E-state index in [0.717, 1.165) is 4.90 Å². The average Bonchev–Trinajstić information content (AvgIpc) is 2.99. The summed E-state index contributed by atoms with van der Waals surface area (Å²) in [5.41, 5.74) is 2.00. The largest absolute Gasteiger partial charge is 0.495 e. The molecule has 0 bridgehead atoms. The highest BCUT2D eigenvalue weighted by atomic mass is 35.5. The first-order valence-corrected chi connectivity index (χ1v) is 14.4. The maximum atomic E-state index is 13.3. The Balaban J connectivity index is 1.44. The summed E-state index contributed by atoms with van der Waals surface area (Å²) in [4.78, 5) is 39.8. The van der Waals surface area contributed by atoms with Gasteiger partial charge in [-0.2, -0.15) is 0 Å². The van der Waals surface area contributed by atoms with Crippen LogP contribution in [0.15, 0.2) is 108 Å². The molecule has 0 spiro atoms. The molecule has 3 amide bonds. The standard InChI is InChI=1S/C32H27Cl2N3O4S/c1-20(30(38)36-27-19-23(33)12-17-29(27)41-2)42-25-15-13-24(14-16-25)35-32(40)28(18-22-10-6-7-11-26(22)34)37-31(39)21-8-4-3-5-9-21/h3-20H,1-2H3,(H,35,40)(H,36,38)(H,37,39)/b28-18-. The van der Waals surface area contributed by atoms with Crippen LogP contribution in [0.3, 0.4) is 0 Å². The first-order chi connectivity index (χ1) is 20.2. The Labute approximate surface area is 258 Å². The third-order valence-electron chi connectivity index (χ3n) is 5.95. The molecule has 0 saturated heterocycles. The van der Waals surface area contributed by atoms with Crippen LogP contribution < -0.4 is 20.7 Å². The van der Waals surface area contributed by atoms with Crippen LogP contribution in [0, 0.1) is 0 Å². The summed E-state index contributed by atoms with van der Waals surface area (Å²) in [6.07, 6.45) is 1.53. The lowest BCUT2D eigenvalue weighted by molar-refractivity contribution is -0.115. The number of amides is 3. The lowest BCUT2D eigenvalue weighted by Gasteiger charge is -2.15. The summed E-state index contributed by atoms with van der Waals surface area (Å²) in [7, 11) is 1.52. The number of benzene rings is 4. The van der Waals surface area contributed by atoms with Crippen molar-refractivity contribution >= 4 is 70.1 Å². The van der Waals surface area contributed by atoms with Gasteiger partial charge in [-0.15, -0.1) is 11.8 Å². The number of rotatable bonds is 10. The molecular formula is C32H27Cl2N3O4S. The van der Waals surface area contributed by atoms with E-state index >= 15 is 0 Å². The molecule has 0 aromatic heterocycles. The van der Waals surface area contributed by atoms with Crippen molar-refractivity contribution in [3.05, 3.63) is 124 Å². The van der Waals surface area contributed by atoms with Gasteiger partial charge in [-0.25, -0.2) is 0 Å². The number of anilines is 2. The van der Waals surface area contributed by atoms with E-state index in [9.17, 15) is 14.4 Å². The van der Waals surface area contributed by atoms with Gasteiger partial charge in [-0.3, -0.25) is 14.4 Å². The molecule has 0 aliphatic rings. The van der Waals surface area contributed by atoms with Gasteiger partial charge >= 0.3 is 0 Å². The van der Waals surface area contributed by atoms with Crippen molar-refractivity contribution in [3.63, 3.8) is 0 Å². The van der Waals surface area contributed by atoms with Crippen molar-refractivity contribution in [2.75, 3.05) is 17.7 Å². The minimum absolute atomic E-state index is 0.0251. The van der Waals surface area contributed by atoms with Gasteiger partial charge in [0.25, 0.3) is 11.8 Å². The van der Waals surface area contributed by atoms with Crippen LogP contribution in [0.25, 0.3) is 6.08 Å². The number of nitrogens with one attached hydrogen (secondary N) is 3. The SMILES string of the molecule is COc1ccc(Cl)cc1NC(=O)C(C)Sc1ccc(NC(=O)/C(=C/c2ccccc2Cl)NC(=O)c2ccccc2)cc1. The Kier molecular flexibility index (Phi) is 10.7. The summed E-state index contributed by atoms with van der Waals surface area (Å²) >= 11 is 13.7. The van der Waals surface area contributed by atoms with Gasteiger partial charge in [0.2, 0.25) is 5.91 Å². The van der Waals surface area contributed by atoms with Crippen LogP contribution in [0.5, 0.6) is 5.75 Å². The fourth-order valence-corrected chi connectivity index (χ4v) is 5.01. The molecular weight excluding hydrogens is 593 g/mol. The molecule has 0 saturated carbocycles. The van der Waals surface area contributed by atoms with E-state index in [-0.39, 0.29) is 11.6 Å². The van der Waals surface area contributed by atoms with Crippen molar-refractivity contribution in [1.29, 1.82) is 0 Å². The molecule has 0 heterocycles. The lowest BCUT2D eigenvalue weighted by Crippen LogP contribution is -2.30. The molecule has 7 nitrogen and oxygen atoms in total. The number of carbonyl (C=O) groups excluding carboxylic acids is 3. The molecule has 0 aliphatic heterocycles. The Morgan fingerprint density at radius 2 is 1.55 bits per heavy atom. The minimum atomic E-state index is -0.525. The average molecular weight is 621 g/mol. The quantitative estimate of drug-likeness (QED) is 0.126. The second kappa shape index (κ2) is 14.6. The summed E-state index contributed by atoms with van der Waals surface area (Å²) < 4.78 is 5.30. The van der Waals surface area contributed by atoms with Gasteiger partial charge in [-0.1, -0.05) is 59.6 Å². The summed E-state index contributed by atoms with van der Waals surface area (Å²) in [5.74, 6) is -0.671. The summed E-state index contributed by atoms with van der Waals surface area (Å²) in [5, 5.41) is 8.83. The molecule has 4 aromatic carbocycles. The molecule has 3 N–H and O–H groups in total. The van der Waals surface area contributed by atoms with E-state index < -0.39 is 17.1 Å². The third-order valence-corrected chi connectivity index (χ3v) is 7.64. The normalized spacial score (nSPS) is 11.8. The zero-order valence-electron chi connectivity index (χ0n) is 22.7. The number of halogens is 2. The number of thioether (sulfide) groups is 1. The van der Waals surface area contributed by atoms with E-state index in [1.54, 1.807) is 104 Å². The smallest absolute Gasteiger partial charge is 0.272 e. The van der Waals surface area contributed by atoms with Crippen molar-refractivity contribution in [2.24, 2.45) is 0 Å². The molecule has 42 heavy (non-hydrogen) atoms. The van der Waals surface area contributed by atoms with Crippen molar-refractivity contribution in [3.8, 4) is 5.75 Å². The summed E-state index contributed by atoms with van der Waals surface area (Å²) in [6, 6.07) is 27.6. The molecule has 0 radical (unpaired) electrons. The van der Waals surface area contributed by atoms with Gasteiger partial charge in [0.05, 0.1) is 18.0 Å². The van der Waals surface area contributed by atoms with Crippen LogP contribution >= 0.6 is 35.0 Å². The Morgan fingerprint density at radius 1 is 0.857 bits per heavy atom. The maximum Gasteiger partial charge on any atom is 0.272 e. The highest BCUT2D eigenvalue weighted by Gasteiger charge is 2.18. The maximum absolute atomic E-state index is 13.3. The fourth-order valence-electron chi connectivity index (χ4n) is 3.78. The van der Waals surface area contributed by atoms with Crippen molar-refractivity contribution in [1.82, 2.24) is 5.32 Å². The number of methoxy groups -OCH3 is 1. The molecule has 10 heteroatoms. The van der Waals surface area contributed by atoms with E-state index in [0.29, 0.717) is 38.3 Å². The molecule has 1 atom stereocenters. The molecule has 0 fully saturated rings. The first-order valence-electron chi connectivity index (χ1n) is 12.8. The minimum Gasteiger partial charge on any atom is -0.495 e. The van der Waals surface area contributed by atoms with Gasteiger partial charge < -0.3 is 20.7 Å². The molecule has 4 rings (SSSR count). The fraction of sp³-hybridized carbons (Fsp3) is 0.0938. The zero-order chi connectivity index (χ0) is 30.1. The van der Waals surface area contributed by atoms with Crippen molar-refractivity contribution in [2.45, 2.75) is 17.1 Å². The van der Waals surface area contributed by atoms with E-state index in [4.69, 9.17) is 27.9 Å². The van der Waals surface area contributed by atoms with E-state index in [1.807, 2.05) is 0 Å². The Hall–Kier alpha value is -4.24. The highest BCUT2D eigenvalue weighted by Crippen LogP contribution is 2.30. The van der Waals surface area contributed by atoms with Gasteiger partial charge in [0.15, 0.2) is 0 Å². The highest BCUT2D eigenvalue weighted by molar-refractivity contribution is 8.00. The number of hydrogen-bond donors (Lipinski definition) is 3. The topological polar surface area (TPSA) is 96.5 Å². The number of ether oxygens (including phenoxy) is 1. The van der Waals surface area contributed by atoms with Gasteiger partial charge in [0.1, 0.15) is 11.4 Å². The van der Waals surface area contributed by atoms with Crippen LogP contribution in [-0.4, -0.2) is 30.1 Å². The van der Waals surface area contributed by atoms with Crippen LogP contribution in [0.4, 0.5) is 11.4 Å². The zero-order valence-corrected chi connectivity index (χ0v) is 25.0. The van der Waals surface area contributed by atoms with Gasteiger partial charge in [0, 0.05) is 26.2 Å². The number of hydrogen-bond acceptors (Lipinski definition) is 5. The molecule has 4 aromatic rings. The van der Waals surface area contributed by atoms with Gasteiger partial charge in [-0.05, 0) is 79.2 Å². The Bertz CT molecular complexity index is 1610. The van der Waals surface area contributed by atoms with E-state index in [2.05, 4.69) is 16.0 Å². The second-order valence-electron chi connectivity index (χ2n) is 8.97. The monoisotopic (exact) mass is 619 g/mol. The first kappa shape index (κ1) is 30.7. The second-order valence-corrected chi connectivity index (χ2v) is 11.2. The summed E-state index contributed by atoms with van der Waals surface area (Å²) in [6.45, 7) is 1.79. The van der Waals surface area contributed by atoms with Crippen LogP contribution in [0.1, 0.15) is 22.8 Å². The molecule has 1 unspecified atom stereocenters. The lowest BCUT2D eigenvalue weighted by atomic mass is 10.1. The van der Waals surface area contributed by atoms with Crippen molar-refractivity contribution < 1.29 is 19.1 Å². The predicted octanol–water partition coefficient (Wildman–Crippen LogP) is 7.53. The predicted molar refractivity (Wildman–Crippen MR) is 170 cm³/mol. The third kappa shape index (κ3) is 8.39.